The number of nitrogens with zero attached hydrogens (tertiary/aromatic N) is 3. The average Bonchev–Trinajstić information content (AvgIpc) is 2.79. The van der Waals surface area contributed by atoms with Gasteiger partial charge in [-0.05, 0) is 25.5 Å². The van der Waals surface area contributed by atoms with Crippen molar-refractivity contribution in [3.05, 3.63) is 45.1 Å². The van der Waals surface area contributed by atoms with Crippen LogP contribution in [0.3, 0.4) is 0 Å². The highest BCUT2D eigenvalue weighted by atomic mass is 16.6. The van der Waals surface area contributed by atoms with Crippen molar-refractivity contribution < 1.29 is 10.0 Å². The molecule has 0 radical (unpaired) electrons. The fourth-order valence-corrected chi connectivity index (χ4v) is 2.39. The number of aliphatic hydroxyl groups is 1. The van der Waals surface area contributed by atoms with Crippen LogP contribution < -0.4 is 10.6 Å². The highest BCUT2D eigenvalue weighted by Crippen LogP contribution is 2.26. The average molecular weight is 319 g/mol. The Bertz CT molecular complexity index is 711. The number of aliphatic hydroxyl groups excluding tert-OH is 1. The van der Waals surface area contributed by atoms with Crippen molar-refractivity contribution in [1.82, 2.24) is 9.78 Å². The Kier molecular flexibility index (Phi) is 5.17. The lowest BCUT2D eigenvalue weighted by molar-refractivity contribution is -0.384. The number of benzene rings is 1. The van der Waals surface area contributed by atoms with Gasteiger partial charge in [0.1, 0.15) is 11.5 Å². The van der Waals surface area contributed by atoms with Gasteiger partial charge in [-0.3, -0.25) is 10.1 Å². The Balaban J connectivity index is 2.21. The number of nitro groups is 1. The normalized spacial score (nSPS) is 10.6. The number of nitro benzene ring substituents is 1. The number of hydrogen-bond donors (Lipinski definition) is 3. The summed E-state index contributed by atoms with van der Waals surface area (Å²) in [5, 5.41) is 30.6. The van der Waals surface area contributed by atoms with E-state index < -0.39 is 4.92 Å². The monoisotopic (exact) mass is 319 g/mol. The summed E-state index contributed by atoms with van der Waals surface area (Å²) in [6.45, 7) is 4.68. The lowest BCUT2D eigenvalue weighted by atomic mass is 10.1. The smallest absolute Gasteiger partial charge is 0.292 e. The molecule has 0 fully saturated rings. The highest BCUT2D eigenvalue weighted by molar-refractivity contribution is 5.62. The van der Waals surface area contributed by atoms with Gasteiger partial charge in [-0.2, -0.15) is 5.10 Å². The zero-order valence-electron chi connectivity index (χ0n) is 13.5. The maximum atomic E-state index is 11.1. The van der Waals surface area contributed by atoms with E-state index in [1.165, 1.54) is 0 Å². The predicted octanol–water partition coefficient (Wildman–Crippen LogP) is 2.05. The molecule has 2 rings (SSSR count). The van der Waals surface area contributed by atoms with E-state index in [1.54, 1.807) is 23.9 Å². The number of rotatable bonds is 7. The molecule has 0 unspecified atom stereocenters. The molecule has 0 aliphatic rings. The second kappa shape index (κ2) is 7.10. The van der Waals surface area contributed by atoms with E-state index in [0.717, 1.165) is 22.6 Å². The molecule has 0 atom stereocenters. The molecule has 124 valence electrons. The molecule has 1 aromatic heterocycles. The molecule has 8 nitrogen and oxygen atoms in total. The molecule has 0 saturated heterocycles. The fourth-order valence-electron chi connectivity index (χ4n) is 2.39. The summed E-state index contributed by atoms with van der Waals surface area (Å²) >= 11 is 0. The van der Waals surface area contributed by atoms with E-state index >= 15 is 0 Å². The van der Waals surface area contributed by atoms with Crippen molar-refractivity contribution in [3.8, 4) is 0 Å². The van der Waals surface area contributed by atoms with E-state index in [0.29, 0.717) is 18.8 Å². The van der Waals surface area contributed by atoms with Crippen molar-refractivity contribution in [2.24, 2.45) is 0 Å². The van der Waals surface area contributed by atoms with Gasteiger partial charge in [-0.1, -0.05) is 6.07 Å². The molecule has 0 saturated carbocycles. The van der Waals surface area contributed by atoms with Crippen LogP contribution in [0.5, 0.6) is 0 Å². The Morgan fingerprint density at radius 3 is 2.74 bits per heavy atom. The number of aryl methyl sites for hydroxylation is 1. The molecule has 0 spiro atoms. The molecule has 2 aromatic rings. The van der Waals surface area contributed by atoms with E-state index in [1.807, 2.05) is 19.9 Å². The molecule has 0 amide bonds. The first kappa shape index (κ1) is 16.8. The summed E-state index contributed by atoms with van der Waals surface area (Å²) in [5.41, 5.74) is 3.21. The first-order valence-electron chi connectivity index (χ1n) is 7.31. The van der Waals surface area contributed by atoms with Crippen LogP contribution in [0.4, 0.5) is 17.2 Å². The Morgan fingerprint density at radius 1 is 1.39 bits per heavy atom. The van der Waals surface area contributed by atoms with Crippen LogP contribution in [0.1, 0.15) is 16.8 Å². The number of anilines is 2. The summed E-state index contributed by atoms with van der Waals surface area (Å²) in [5.74, 6) is 0.817. The SMILES string of the molecule is CNc1ccc(CNc2c(C)c(C)nn2CCO)cc1[N+](=O)[O-]. The number of hydrogen-bond acceptors (Lipinski definition) is 6. The van der Waals surface area contributed by atoms with Crippen LogP contribution >= 0.6 is 0 Å². The minimum Gasteiger partial charge on any atom is -0.394 e. The van der Waals surface area contributed by atoms with Gasteiger partial charge in [-0.25, -0.2) is 4.68 Å². The van der Waals surface area contributed by atoms with Crippen LogP contribution in [0, 0.1) is 24.0 Å². The zero-order chi connectivity index (χ0) is 17.0. The molecule has 0 aliphatic carbocycles. The topological polar surface area (TPSA) is 105 Å². The van der Waals surface area contributed by atoms with Gasteiger partial charge in [0.15, 0.2) is 0 Å². The van der Waals surface area contributed by atoms with Gasteiger partial charge in [-0.15, -0.1) is 0 Å². The van der Waals surface area contributed by atoms with Crippen molar-refractivity contribution in [1.29, 1.82) is 0 Å². The summed E-state index contributed by atoms with van der Waals surface area (Å²) in [6.07, 6.45) is 0. The largest absolute Gasteiger partial charge is 0.394 e. The molecule has 1 heterocycles. The summed E-state index contributed by atoms with van der Waals surface area (Å²) in [6, 6.07) is 5.08. The molecule has 23 heavy (non-hydrogen) atoms. The van der Waals surface area contributed by atoms with Gasteiger partial charge in [0.25, 0.3) is 5.69 Å². The van der Waals surface area contributed by atoms with Crippen LogP contribution in [-0.2, 0) is 13.1 Å². The van der Waals surface area contributed by atoms with E-state index in [-0.39, 0.29) is 12.3 Å². The fraction of sp³-hybridized carbons (Fsp3) is 0.400. The Labute approximate surface area is 134 Å². The lowest BCUT2D eigenvalue weighted by Gasteiger charge is -2.11. The van der Waals surface area contributed by atoms with Crippen LogP contribution in [-0.4, -0.2) is 33.5 Å². The maximum Gasteiger partial charge on any atom is 0.292 e. The van der Waals surface area contributed by atoms with Crippen molar-refractivity contribution in [2.45, 2.75) is 26.9 Å². The van der Waals surface area contributed by atoms with Gasteiger partial charge in [0.05, 0.1) is 23.8 Å². The molecule has 0 aliphatic heterocycles. The minimum absolute atomic E-state index is 0.00240. The van der Waals surface area contributed by atoms with Crippen LogP contribution in [0.2, 0.25) is 0 Å². The van der Waals surface area contributed by atoms with Gasteiger partial charge >= 0.3 is 0 Å². The second-order valence-corrected chi connectivity index (χ2v) is 5.22. The summed E-state index contributed by atoms with van der Waals surface area (Å²) < 4.78 is 1.71. The standard InChI is InChI=1S/C15H21N5O3/c1-10-11(2)18-19(6-7-21)15(10)17-9-12-4-5-13(16-3)14(8-12)20(22)23/h4-5,8,16-17,21H,6-7,9H2,1-3H3. The van der Waals surface area contributed by atoms with Crippen molar-refractivity contribution in [2.75, 3.05) is 24.3 Å². The predicted molar refractivity (Wildman–Crippen MR) is 88.8 cm³/mol. The summed E-state index contributed by atoms with van der Waals surface area (Å²) in [7, 11) is 1.65. The quantitative estimate of drug-likeness (QED) is 0.533. The Hall–Kier alpha value is -2.61. The molecular formula is C15H21N5O3. The Morgan fingerprint density at radius 2 is 2.13 bits per heavy atom. The van der Waals surface area contributed by atoms with Crippen molar-refractivity contribution in [3.63, 3.8) is 0 Å². The molecular weight excluding hydrogens is 298 g/mol. The highest BCUT2D eigenvalue weighted by Gasteiger charge is 2.15. The minimum atomic E-state index is -0.402. The lowest BCUT2D eigenvalue weighted by Crippen LogP contribution is -2.11. The first-order chi connectivity index (χ1) is 11.0. The van der Waals surface area contributed by atoms with Crippen LogP contribution in [0.25, 0.3) is 0 Å². The van der Waals surface area contributed by atoms with E-state index in [9.17, 15) is 10.1 Å². The van der Waals surface area contributed by atoms with E-state index in [2.05, 4.69) is 15.7 Å². The third-order valence-electron chi connectivity index (χ3n) is 3.73. The first-order valence-corrected chi connectivity index (χ1v) is 7.31. The van der Waals surface area contributed by atoms with E-state index in [4.69, 9.17) is 5.11 Å². The third-order valence-corrected chi connectivity index (χ3v) is 3.73. The van der Waals surface area contributed by atoms with Crippen molar-refractivity contribution >= 4 is 17.2 Å². The summed E-state index contributed by atoms with van der Waals surface area (Å²) in [4.78, 5) is 10.7. The van der Waals surface area contributed by atoms with Gasteiger partial charge in [0.2, 0.25) is 0 Å². The van der Waals surface area contributed by atoms with Gasteiger partial charge < -0.3 is 15.7 Å². The zero-order valence-corrected chi connectivity index (χ0v) is 13.5. The molecule has 0 bridgehead atoms. The van der Waals surface area contributed by atoms with Crippen LogP contribution in [0.15, 0.2) is 18.2 Å². The third kappa shape index (κ3) is 3.59. The number of nitrogens with one attached hydrogen (secondary N) is 2. The molecule has 3 N–H and O–H groups in total. The van der Waals surface area contributed by atoms with Gasteiger partial charge in [0, 0.05) is 25.2 Å². The molecule has 8 heteroatoms. The maximum absolute atomic E-state index is 11.1. The number of aromatic nitrogens is 2. The molecule has 1 aromatic carbocycles. The second-order valence-electron chi connectivity index (χ2n) is 5.22.